The summed E-state index contributed by atoms with van der Waals surface area (Å²) in [4.78, 5) is 12.0. The molecule has 0 saturated heterocycles. The Labute approximate surface area is 127 Å². The summed E-state index contributed by atoms with van der Waals surface area (Å²) in [7, 11) is 0. The molecule has 0 amide bonds. The maximum Gasteiger partial charge on any atom is 0.310 e. The molecule has 1 aromatic rings. The van der Waals surface area contributed by atoms with Crippen molar-refractivity contribution in [2.75, 3.05) is 6.54 Å². The molecular formula is C18H25NO2. The average Bonchev–Trinajstić information content (AvgIpc) is 3.38. The van der Waals surface area contributed by atoms with Gasteiger partial charge in [0.2, 0.25) is 0 Å². The van der Waals surface area contributed by atoms with Gasteiger partial charge in [0, 0.05) is 12.6 Å². The van der Waals surface area contributed by atoms with E-state index in [2.05, 4.69) is 5.32 Å². The third kappa shape index (κ3) is 4.31. The molecule has 3 nitrogen and oxygen atoms in total. The van der Waals surface area contributed by atoms with Gasteiger partial charge in [0.25, 0.3) is 0 Å². The predicted octanol–water partition coefficient (Wildman–Crippen LogP) is 3.14. The Morgan fingerprint density at radius 1 is 1.19 bits per heavy atom. The predicted molar refractivity (Wildman–Crippen MR) is 82.6 cm³/mol. The van der Waals surface area contributed by atoms with Crippen LogP contribution in [0, 0.1) is 17.8 Å². The molecule has 1 atom stereocenters. The lowest BCUT2D eigenvalue weighted by atomic mass is 10.1. The smallest absolute Gasteiger partial charge is 0.310 e. The van der Waals surface area contributed by atoms with Crippen LogP contribution in [0.2, 0.25) is 0 Å². The summed E-state index contributed by atoms with van der Waals surface area (Å²) in [5.74, 6) is 1.56. The highest BCUT2D eigenvalue weighted by molar-refractivity contribution is 5.72. The van der Waals surface area contributed by atoms with Gasteiger partial charge in [-0.05, 0) is 43.1 Å². The first-order chi connectivity index (χ1) is 10.2. The molecule has 0 bridgehead atoms. The van der Waals surface area contributed by atoms with Gasteiger partial charge >= 0.3 is 5.97 Å². The normalized spacial score (nSPS) is 19.5. The third-order valence-corrected chi connectivity index (χ3v) is 4.55. The Bertz CT molecular complexity index is 453. The molecule has 2 fully saturated rings. The average molecular weight is 287 g/mol. The minimum Gasteiger partial charge on any atom is -0.461 e. The number of nitrogens with one attached hydrogen (secondary N) is 1. The number of hydrogen-bond acceptors (Lipinski definition) is 3. The van der Waals surface area contributed by atoms with E-state index in [-0.39, 0.29) is 11.9 Å². The molecular weight excluding hydrogens is 262 g/mol. The second kappa shape index (κ2) is 6.61. The molecule has 21 heavy (non-hydrogen) atoms. The van der Waals surface area contributed by atoms with Gasteiger partial charge in [0.05, 0.1) is 5.92 Å². The van der Waals surface area contributed by atoms with Crippen molar-refractivity contribution in [2.24, 2.45) is 17.8 Å². The van der Waals surface area contributed by atoms with Crippen molar-refractivity contribution < 1.29 is 9.53 Å². The second-order valence-corrected chi connectivity index (χ2v) is 6.60. The van der Waals surface area contributed by atoms with Gasteiger partial charge in [-0.25, -0.2) is 0 Å². The molecule has 114 valence electrons. The van der Waals surface area contributed by atoms with Gasteiger partial charge < -0.3 is 10.1 Å². The third-order valence-electron chi connectivity index (χ3n) is 4.55. The summed E-state index contributed by atoms with van der Waals surface area (Å²) in [6.07, 6.45) is 5.45. The Morgan fingerprint density at radius 2 is 1.81 bits per heavy atom. The molecule has 1 unspecified atom stereocenters. The van der Waals surface area contributed by atoms with Crippen LogP contribution in [0.15, 0.2) is 30.3 Å². The maximum atomic E-state index is 12.0. The van der Waals surface area contributed by atoms with Crippen LogP contribution in [0.3, 0.4) is 0 Å². The van der Waals surface area contributed by atoms with Gasteiger partial charge in [-0.3, -0.25) is 4.79 Å². The number of esters is 1. The van der Waals surface area contributed by atoms with E-state index in [0.29, 0.717) is 12.6 Å². The molecule has 0 spiro atoms. The molecule has 2 aliphatic carbocycles. The van der Waals surface area contributed by atoms with E-state index >= 15 is 0 Å². The second-order valence-electron chi connectivity index (χ2n) is 6.60. The quantitative estimate of drug-likeness (QED) is 0.746. The zero-order valence-electron chi connectivity index (χ0n) is 12.8. The summed E-state index contributed by atoms with van der Waals surface area (Å²) >= 11 is 0. The molecule has 0 aliphatic heterocycles. The number of hydrogen-bond donors (Lipinski definition) is 1. The van der Waals surface area contributed by atoms with Crippen LogP contribution in [0.25, 0.3) is 0 Å². The lowest BCUT2D eigenvalue weighted by Gasteiger charge is -2.20. The van der Waals surface area contributed by atoms with Crippen molar-refractivity contribution in [1.29, 1.82) is 0 Å². The van der Waals surface area contributed by atoms with Crippen LogP contribution in [-0.2, 0) is 16.1 Å². The van der Waals surface area contributed by atoms with Gasteiger partial charge in [-0.1, -0.05) is 37.3 Å². The molecule has 2 saturated carbocycles. The van der Waals surface area contributed by atoms with Crippen molar-refractivity contribution in [3.63, 3.8) is 0 Å². The summed E-state index contributed by atoms with van der Waals surface area (Å²) < 4.78 is 5.40. The largest absolute Gasteiger partial charge is 0.461 e. The molecule has 2 aliphatic rings. The van der Waals surface area contributed by atoms with Crippen LogP contribution < -0.4 is 5.32 Å². The lowest BCUT2D eigenvalue weighted by molar-refractivity contribution is -0.149. The number of ether oxygens (including phenoxy) is 1. The summed E-state index contributed by atoms with van der Waals surface area (Å²) in [5.41, 5.74) is 1.04. The highest BCUT2D eigenvalue weighted by Gasteiger charge is 2.41. The maximum absolute atomic E-state index is 12.0. The molecule has 3 rings (SSSR count). The SMILES string of the molecule is CC(CNC(C1CC1)C1CC1)C(=O)OCc1ccccc1. The zero-order valence-corrected chi connectivity index (χ0v) is 12.8. The van der Waals surface area contributed by atoms with E-state index < -0.39 is 0 Å². The van der Waals surface area contributed by atoms with Crippen LogP contribution in [0.5, 0.6) is 0 Å². The van der Waals surface area contributed by atoms with Crippen molar-refractivity contribution in [3.05, 3.63) is 35.9 Å². The van der Waals surface area contributed by atoms with E-state index in [1.807, 2.05) is 37.3 Å². The number of benzene rings is 1. The first-order valence-corrected chi connectivity index (χ1v) is 8.18. The minimum absolute atomic E-state index is 0.0753. The molecule has 0 radical (unpaired) electrons. The Hall–Kier alpha value is -1.35. The van der Waals surface area contributed by atoms with Crippen LogP contribution in [0.1, 0.15) is 38.2 Å². The van der Waals surface area contributed by atoms with Crippen molar-refractivity contribution in [1.82, 2.24) is 5.32 Å². The van der Waals surface area contributed by atoms with Gasteiger partial charge in [0.15, 0.2) is 0 Å². The Balaban J connectivity index is 1.39. The zero-order chi connectivity index (χ0) is 14.7. The fourth-order valence-corrected chi connectivity index (χ4v) is 2.90. The monoisotopic (exact) mass is 287 g/mol. The van der Waals surface area contributed by atoms with Crippen LogP contribution in [0.4, 0.5) is 0 Å². The van der Waals surface area contributed by atoms with E-state index in [4.69, 9.17) is 4.74 Å². The van der Waals surface area contributed by atoms with Gasteiger partial charge in [-0.15, -0.1) is 0 Å². The van der Waals surface area contributed by atoms with Crippen molar-refractivity contribution >= 4 is 5.97 Å². The van der Waals surface area contributed by atoms with Crippen LogP contribution >= 0.6 is 0 Å². The summed E-state index contributed by atoms with van der Waals surface area (Å²) in [5, 5.41) is 3.62. The van der Waals surface area contributed by atoms with E-state index in [1.165, 1.54) is 25.7 Å². The number of carbonyl (C=O) groups is 1. The van der Waals surface area contributed by atoms with E-state index in [0.717, 1.165) is 23.9 Å². The molecule has 0 aromatic heterocycles. The highest BCUT2D eigenvalue weighted by atomic mass is 16.5. The topological polar surface area (TPSA) is 38.3 Å². The fraction of sp³-hybridized carbons (Fsp3) is 0.611. The Morgan fingerprint density at radius 3 is 2.38 bits per heavy atom. The molecule has 0 heterocycles. The first kappa shape index (κ1) is 14.6. The number of carbonyl (C=O) groups excluding carboxylic acids is 1. The molecule has 3 heteroatoms. The fourth-order valence-electron chi connectivity index (χ4n) is 2.90. The molecule has 1 aromatic carbocycles. The summed E-state index contributed by atoms with van der Waals surface area (Å²) in [6, 6.07) is 10.5. The van der Waals surface area contributed by atoms with Gasteiger partial charge in [0.1, 0.15) is 6.61 Å². The highest BCUT2D eigenvalue weighted by Crippen LogP contribution is 2.44. The first-order valence-electron chi connectivity index (χ1n) is 8.18. The summed E-state index contributed by atoms with van der Waals surface area (Å²) in [6.45, 7) is 3.07. The van der Waals surface area contributed by atoms with E-state index in [9.17, 15) is 4.79 Å². The lowest BCUT2D eigenvalue weighted by Crippen LogP contribution is -2.38. The van der Waals surface area contributed by atoms with Crippen LogP contribution in [-0.4, -0.2) is 18.6 Å². The minimum atomic E-state index is -0.100. The Kier molecular flexibility index (Phi) is 4.59. The van der Waals surface area contributed by atoms with Crippen molar-refractivity contribution in [3.8, 4) is 0 Å². The number of rotatable bonds is 8. The van der Waals surface area contributed by atoms with E-state index in [1.54, 1.807) is 0 Å². The molecule has 1 N–H and O–H groups in total. The van der Waals surface area contributed by atoms with Gasteiger partial charge in [-0.2, -0.15) is 0 Å². The standard InChI is InChI=1S/C18H25NO2/c1-13(11-19-17(15-7-8-15)16-9-10-16)18(20)21-12-14-5-3-2-4-6-14/h2-6,13,15-17,19H,7-12H2,1H3. The van der Waals surface area contributed by atoms with Crippen molar-refractivity contribution in [2.45, 2.75) is 45.3 Å².